The molecule has 0 aliphatic carbocycles. The molecule has 0 saturated heterocycles. The fourth-order valence-corrected chi connectivity index (χ4v) is 2.58. The van der Waals surface area contributed by atoms with Crippen LogP contribution in [0.25, 0.3) is 11.0 Å². The third kappa shape index (κ3) is 2.58. The lowest BCUT2D eigenvalue weighted by atomic mass is 9.98. The highest BCUT2D eigenvalue weighted by molar-refractivity contribution is 5.74. The van der Waals surface area contributed by atoms with E-state index in [0.29, 0.717) is 6.54 Å². The molecule has 102 valence electrons. The van der Waals surface area contributed by atoms with Crippen molar-refractivity contribution in [2.24, 2.45) is 5.73 Å². The normalized spacial score (nSPS) is 12.7. The fraction of sp³-hybridized carbons (Fsp3) is 0.235. The zero-order chi connectivity index (χ0) is 13.9. The number of H-pyrrole nitrogens is 1. The van der Waals surface area contributed by atoms with Crippen LogP contribution in [-0.2, 0) is 6.42 Å². The van der Waals surface area contributed by atoms with Crippen molar-refractivity contribution >= 4 is 11.0 Å². The Labute approximate surface area is 118 Å². The smallest absolute Gasteiger partial charge is 0.111 e. The van der Waals surface area contributed by atoms with Gasteiger partial charge >= 0.3 is 0 Å². The van der Waals surface area contributed by atoms with Gasteiger partial charge in [0, 0.05) is 12.5 Å². The van der Waals surface area contributed by atoms with Gasteiger partial charge in [-0.05, 0) is 31.0 Å². The highest BCUT2D eigenvalue weighted by Crippen LogP contribution is 2.21. The number of benzene rings is 2. The van der Waals surface area contributed by atoms with Gasteiger partial charge in [-0.15, -0.1) is 0 Å². The minimum atomic E-state index is 0.226. The molecule has 1 aromatic heterocycles. The van der Waals surface area contributed by atoms with Crippen LogP contribution in [0.4, 0.5) is 0 Å². The number of nitrogens with two attached hydrogens (primary N) is 1. The Morgan fingerprint density at radius 3 is 2.75 bits per heavy atom. The molecule has 3 heteroatoms. The number of para-hydroxylation sites is 2. The molecular formula is C17H19N3. The number of aromatic nitrogens is 2. The summed E-state index contributed by atoms with van der Waals surface area (Å²) in [6.07, 6.45) is 0.915. The molecular weight excluding hydrogens is 246 g/mol. The zero-order valence-electron chi connectivity index (χ0n) is 11.6. The molecule has 3 aromatic rings. The van der Waals surface area contributed by atoms with Gasteiger partial charge in [-0.3, -0.25) is 0 Å². The SMILES string of the molecule is Cc1cccc(CC(CN)c2nc3ccccc3[nH]2)c1. The van der Waals surface area contributed by atoms with Gasteiger partial charge < -0.3 is 10.7 Å². The number of hydrogen-bond acceptors (Lipinski definition) is 2. The van der Waals surface area contributed by atoms with Gasteiger partial charge in [-0.25, -0.2) is 4.98 Å². The monoisotopic (exact) mass is 265 g/mol. The van der Waals surface area contributed by atoms with E-state index in [0.717, 1.165) is 23.3 Å². The Morgan fingerprint density at radius 1 is 1.15 bits per heavy atom. The van der Waals surface area contributed by atoms with E-state index in [4.69, 9.17) is 5.73 Å². The van der Waals surface area contributed by atoms with E-state index in [1.54, 1.807) is 0 Å². The molecule has 0 bridgehead atoms. The minimum Gasteiger partial charge on any atom is -0.342 e. The third-order valence-corrected chi connectivity index (χ3v) is 3.64. The van der Waals surface area contributed by atoms with E-state index in [1.165, 1.54) is 11.1 Å². The molecule has 1 unspecified atom stereocenters. The molecule has 2 aromatic carbocycles. The summed E-state index contributed by atoms with van der Waals surface area (Å²) in [5.41, 5.74) is 10.6. The topological polar surface area (TPSA) is 54.7 Å². The maximum atomic E-state index is 5.95. The molecule has 0 spiro atoms. The summed E-state index contributed by atoms with van der Waals surface area (Å²) in [6, 6.07) is 16.7. The first-order chi connectivity index (χ1) is 9.76. The Hall–Kier alpha value is -2.13. The van der Waals surface area contributed by atoms with Crippen LogP contribution in [0.2, 0.25) is 0 Å². The fourth-order valence-electron chi connectivity index (χ4n) is 2.58. The first kappa shape index (κ1) is 12.9. The Morgan fingerprint density at radius 2 is 2.00 bits per heavy atom. The molecule has 0 aliphatic rings. The van der Waals surface area contributed by atoms with Crippen molar-refractivity contribution in [1.82, 2.24) is 9.97 Å². The van der Waals surface area contributed by atoms with Crippen LogP contribution in [0.5, 0.6) is 0 Å². The van der Waals surface area contributed by atoms with Gasteiger partial charge in [0.25, 0.3) is 0 Å². The third-order valence-electron chi connectivity index (χ3n) is 3.64. The van der Waals surface area contributed by atoms with Gasteiger partial charge in [-0.2, -0.15) is 0 Å². The Kier molecular flexibility index (Phi) is 3.52. The van der Waals surface area contributed by atoms with Crippen molar-refractivity contribution in [2.45, 2.75) is 19.3 Å². The number of nitrogens with one attached hydrogen (secondary N) is 1. The molecule has 3 rings (SSSR count). The predicted molar refractivity (Wildman–Crippen MR) is 82.8 cm³/mol. The number of nitrogens with zero attached hydrogens (tertiary/aromatic N) is 1. The largest absolute Gasteiger partial charge is 0.342 e. The summed E-state index contributed by atoms with van der Waals surface area (Å²) in [5, 5.41) is 0. The zero-order valence-corrected chi connectivity index (χ0v) is 11.6. The van der Waals surface area contributed by atoms with Crippen molar-refractivity contribution < 1.29 is 0 Å². The standard InChI is InChI=1S/C17H19N3/c1-12-5-4-6-13(9-12)10-14(11-18)17-19-15-7-2-3-8-16(15)20-17/h2-9,14H,10-11,18H2,1H3,(H,19,20). The lowest BCUT2D eigenvalue weighted by molar-refractivity contribution is 0.658. The predicted octanol–water partition coefficient (Wildman–Crippen LogP) is 3.16. The second kappa shape index (κ2) is 5.47. The number of aromatic amines is 1. The Bertz CT molecular complexity index is 682. The quantitative estimate of drug-likeness (QED) is 0.761. The van der Waals surface area contributed by atoms with Gasteiger partial charge in [0.2, 0.25) is 0 Å². The van der Waals surface area contributed by atoms with Crippen LogP contribution in [0.1, 0.15) is 22.9 Å². The van der Waals surface area contributed by atoms with Crippen LogP contribution in [0, 0.1) is 6.92 Å². The average Bonchev–Trinajstić information content (AvgIpc) is 2.88. The number of aryl methyl sites for hydroxylation is 1. The lowest BCUT2D eigenvalue weighted by Crippen LogP contribution is -2.16. The second-order valence-corrected chi connectivity index (χ2v) is 5.26. The van der Waals surface area contributed by atoms with Crippen LogP contribution < -0.4 is 5.73 Å². The van der Waals surface area contributed by atoms with Crippen molar-refractivity contribution in [3.05, 3.63) is 65.5 Å². The highest BCUT2D eigenvalue weighted by Gasteiger charge is 2.15. The van der Waals surface area contributed by atoms with Crippen LogP contribution in [0.15, 0.2) is 48.5 Å². The molecule has 0 amide bonds. The Balaban J connectivity index is 1.89. The first-order valence-electron chi connectivity index (χ1n) is 6.96. The van der Waals surface area contributed by atoms with Gasteiger partial charge in [0.1, 0.15) is 5.82 Å². The van der Waals surface area contributed by atoms with Crippen molar-refractivity contribution in [3.8, 4) is 0 Å². The molecule has 1 atom stereocenters. The van der Waals surface area contributed by atoms with E-state index in [9.17, 15) is 0 Å². The second-order valence-electron chi connectivity index (χ2n) is 5.26. The molecule has 1 heterocycles. The molecule has 3 N–H and O–H groups in total. The van der Waals surface area contributed by atoms with Crippen molar-refractivity contribution in [1.29, 1.82) is 0 Å². The molecule has 20 heavy (non-hydrogen) atoms. The number of imidazole rings is 1. The van der Waals surface area contributed by atoms with E-state index in [1.807, 2.05) is 24.3 Å². The molecule has 3 nitrogen and oxygen atoms in total. The molecule has 0 saturated carbocycles. The number of rotatable bonds is 4. The van der Waals surface area contributed by atoms with Gasteiger partial charge in [0.05, 0.1) is 11.0 Å². The number of fused-ring (bicyclic) bond motifs is 1. The highest BCUT2D eigenvalue weighted by atomic mass is 14.9. The summed E-state index contributed by atoms with van der Waals surface area (Å²) in [4.78, 5) is 8.06. The van der Waals surface area contributed by atoms with Gasteiger partial charge in [-0.1, -0.05) is 42.0 Å². The lowest BCUT2D eigenvalue weighted by Gasteiger charge is -2.12. The maximum Gasteiger partial charge on any atom is 0.111 e. The average molecular weight is 265 g/mol. The first-order valence-corrected chi connectivity index (χ1v) is 6.96. The van der Waals surface area contributed by atoms with E-state index < -0.39 is 0 Å². The summed E-state index contributed by atoms with van der Waals surface area (Å²) in [6.45, 7) is 2.70. The van der Waals surface area contributed by atoms with Crippen molar-refractivity contribution in [2.75, 3.05) is 6.54 Å². The summed E-state index contributed by atoms with van der Waals surface area (Å²) >= 11 is 0. The summed E-state index contributed by atoms with van der Waals surface area (Å²) < 4.78 is 0. The molecule has 0 radical (unpaired) electrons. The van der Waals surface area contributed by atoms with Gasteiger partial charge in [0.15, 0.2) is 0 Å². The van der Waals surface area contributed by atoms with E-state index >= 15 is 0 Å². The van der Waals surface area contributed by atoms with Crippen molar-refractivity contribution in [3.63, 3.8) is 0 Å². The molecule has 0 fully saturated rings. The van der Waals surface area contributed by atoms with Crippen LogP contribution in [0.3, 0.4) is 0 Å². The minimum absolute atomic E-state index is 0.226. The van der Waals surface area contributed by atoms with Crippen LogP contribution in [-0.4, -0.2) is 16.5 Å². The summed E-state index contributed by atoms with van der Waals surface area (Å²) in [5.74, 6) is 1.21. The maximum absolute atomic E-state index is 5.95. The number of hydrogen-bond donors (Lipinski definition) is 2. The van der Waals surface area contributed by atoms with Crippen LogP contribution >= 0.6 is 0 Å². The summed E-state index contributed by atoms with van der Waals surface area (Å²) in [7, 11) is 0. The molecule has 0 aliphatic heterocycles. The van der Waals surface area contributed by atoms with E-state index in [-0.39, 0.29) is 5.92 Å². The van der Waals surface area contributed by atoms with E-state index in [2.05, 4.69) is 41.2 Å².